The smallest absolute Gasteiger partial charge is 0.316 e. The van der Waals surface area contributed by atoms with Crippen molar-refractivity contribution in [2.24, 2.45) is 5.92 Å². The minimum atomic E-state index is 0.0837. The number of hydrogen-bond acceptors (Lipinski definition) is 5. The molecule has 0 radical (unpaired) electrons. The van der Waals surface area contributed by atoms with Gasteiger partial charge in [-0.05, 0) is 37.0 Å². The van der Waals surface area contributed by atoms with Gasteiger partial charge >= 0.3 is 6.03 Å². The average molecular weight is 424 g/mol. The van der Waals surface area contributed by atoms with Gasteiger partial charge in [0.2, 0.25) is 0 Å². The zero-order valence-corrected chi connectivity index (χ0v) is 18.5. The van der Waals surface area contributed by atoms with E-state index in [-0.39, 0.29) is 6.03 Å². The summed E-state index contributed by atoms with van der Waals surface area (Å²) in [5.41, 5.74) is 2.43. The summed E-state index contributed by atoms with van der Waals surface area (Å²) in [7, 11) is 1.85. The van der Waals surface area contributed by atoms with E-state index in [2.05, 4.69) is 50.1 Å². The molecule has 6 nitrogen and oxygen atoms in total. The van der Waals surface area contributed by atoms with Crippen molar-refractivity contribution in [2.45, 2.75) is 56.0 Å². The Bertz CT molecular complexity index is 923. The topological polar surface area (TPSA) is 52.6 Å². The number of carbonyl (C=O) groups is 1. The molecule has 158 valence electrons. The third-order valence-corrected chi connectivity index (χ3v) is 7.59. The predicted molar refractivity (Wildman–Crippen MR) is 120 cm³/mol. The molecular weight excluding hydrogens is 394 g/mol. The second-order valence-corrected chi connectivity index (χ2v) is 9.42. The van der Waals surface area contributed by atoms with Crippen LogP contribution in [0.25, 0.3) is 0 Å². The minimum Gasteiger partial charge on any atom is -0.316 e. The number of fused-ring (bicyclic) bond motifs is 2. The van der Waals surface area contributed by atoms with Crippen molar-refractivity contribution in [1.29, 1.82) is 0 Å². The number of thioether (sulfide) groups is 1. The number of likely N-dealkylation sites (tertiary alicyclic amines) is 1. The molecule has 3 heterocycles. The van der Waals surface area contributed by atoms with E-state index < -0.39 is 0 Å². The van der Waals surface area contributed by atoms with Gasteiger partial charge in [0.25, 0.3) is 0 Å². The Hall–Kier alpha value is -2.12. The Kier molecular flexibility index (Phi) is 5.41. The average Bonchev–Trinajstić information content (AvgIpc) is 3.28. The number of urea groups is 1. The normalized spacial score (nSPS) is 26.6. The summed E-state index contributed by atoms with van der Waals surface area (Å²) >= 11 is 1.51. The number of hydrogen-bond donors (Lipinski definition) is 0. The lowest BCUT2D eigenvalue weighted by molar-refractivity contribution is 0.0326. The molecule has 1 saturated carbocycles. The molecule has 2 aromatic rings. The first-order chi connectivity index (χ1) is 14.7. The highest BCUT2D eigenvalue weighted by Crippen LogP contribution is 2.42. The summed E-state index contributed by atoms with van der Waals surface area (Å²) in [6.45, 7) is 2.68. The van der Waals surface area contributed by atoms with Crippen LogP contribution >= 0.6 is 11.8 Å². The number of nitrogens with zero attached hydrogens (tertiary/aromatic N) is 5. The van der Waals surface area contributed by atoms with E-state index in [1.807, 2.05) is 19.5 Å². The molecule has 30 heavy (non-hydrogen) atoms. The fraction of sp³-hybridized carbons (Fsp3) is 0.522. The molecule has 1 aromatic carbocycles. The number of rotatable bonds is 4. The lowest BCUT2D eigenvalue weighted by atomic mass is 9.85. The van der Waals surface area contributed by atoms with E-state index in [1.54, 1.807) is 4.90 Å². The van der Waals surface area contributed by atoms with Crippen molar-refractivity contribution in [3.63, 3.8) is 0 Å². The zero-order valence-electron chi connectivity index (χ0n) is 17.7. The largest absolute Gasteiger partial charge is 0.325 e. The molecule has 0 N–H and O–H groups in total. The predicted octanol–water partition coefficient (Wildman–Crippen LogP) is 4.01. The van der Waals surface area contributed by atoms with E-state index >= 15 is 0 Å². The molecule has 5 rings (SSSR count). The highest BCUT2D eigenvalue weighted by molar-refractivity contribution is 7.98. The van der Waals surface area contributed by atoms with E-state index in [4.69, 9.17) is 0 Å². The van der Waals surface area contributed by atoms with Crippen LogP contribution in [-0.4, -0.2) is 57.7 Å². The molecule has 2 fully saturated rings. The van der Waals surface area contributed by atoms with Crippen molar-refractivity contribution < 1.29 is 4.79 Å². The van der Waals surface area contributed by atoms with E-state index in [0.29, 0.717) is 29.7 Å². The third kappa shape index (κ3) is 3.48. The van der Waals surface area contributed by atoms with Gasteiger partial charge in [-0.3, -0.25) is 9.80 Å². The van der Waals surface area contributed by atoms with Crippen LogP contribution in [0.2, 0.25) is 0 Å². The lowest BCUT2D eigenvalue weighted by Crippen LogP contribution is -2.58. The first-order valence-corrected chi connectivity index (χ1v) is 12.1. The minimum absolute atomic E-state index is 0.0837. The third-order valence-electron chi connectivity index (χ3n) is 7.03. The number of amides is 2. The van der Waals surface area contributed by atoms with E-state index in [9.17, 15) is 4.79 Å². The molecule has 2 unspecified atom stereocenters. The van der Waals surface area contributed by atoms with Crippen LogP contribution in [0, 0.1) is 5.92 Å². The summed E-state index contributed by atoms with van der Waals surface area (Å²) in [6.07, 6.45) is 8.60. The number of aromatic nitrogens is 2. The molecule has 0 bridgehead atoms. The summed E-state index contributed by atoms with van der Waals surface area (Å²) in [4.78, 5) is 28.8. The standard InChI is InChI=1S/C23H29N5OS/c1-26-21-17(13-24-22(25-21)30-2)15-28(23(26)29)20-11-12-27(19-10-6-9-18(19)20)14-16-7-4-3-5-8-16/h3-5,7-8,13,18-20H,6,9-12,14-15H2,1-2H3/t18-,19?,20?/m1/s1. The van der Waals surface area contributed by atoms with Crippen LogP contribution < -0.4 is 4.90 Å². The SMILES string of the molecule is CSc1ncc2c(n1)N(C)C(=O)N(C1CCN(Cc3ccccc3)C3CCC[C@H]31)C2. The Labute approximate surface area is 182 Å². The summed E-state index contributed by atoms with van der Waals surface area (Å²) in [5, 5.41) is 0.715. The molecule has 1 saturated heterocycles. The van der Waals surface area contributed by atoms with E-state index in [1.165, 1.54) is 36.6 Å². The van der Waals surface area contributed by atoms with Gasteiger partial charge < -0.3 is 4.90 Å². The Morgan fingerprint density at radius 3 is 2.77 bits per heavy atom. The maximum Gasteiger partial charge on any atom is 0.325 e. The second kappa shape index (κ2) is 8.19. The summed E-state index contributed by atoms with van der Waals surface area (Å²) < 4.78 is 0. The Morgan fingerprint density at radius 1 is 1.13 bits per heavy atom. The molecule has 7 heteroatoms. The quantitative estimate of drug-likeness (QED) is 0.549. The molecular formula is C23H29N5OS. The fourth-order valence-electron chi connectivity index (χ4n) is 5.63. The second-order valence-electron chi connectivity index (χ2n) is 8.65. The summed E-state index contributed by atoms with van der Waals surface area (Å²) in [6, 6.07) is 11.7. The van der Waals surface area contributed by atoms with Crippen molar-refractivity contribution >= 4 is 23.6 Å². The maximum absolute atomic E-state index is 13.3. The van der Waals surface area contributed by atoms with Gasteiger partial charge in [-0.25, -0.2) is 14.8 Å². The van der Waals surface area contributed by atoms with Crippen LogP contribution in [0.15, 0.2) is 41.7 Å². The first-order valence-electron chi connectivity index (χ1n) is 10.9. The van der Waals surface area contributed by atoms with Gasteiger partial charge in [-0.2, -0.15) is 0 Å². The zero-order chi connectivity index (χ0) is 20.7. The van der Waals surface area contributed by atoms with Crippen molar-refractivity contribution in [2.75, 3.05) is 24.7 Å². The lowest BCUT2D eigenvalue weighted by Gasteiger charge is -2.48. The molecule has 1 aromatic heterocycles. The first kappa shape index (κ1) is 19.8. The summed E-state index contributed by atoms with van der Waals surface area (Å²) in [5.74, 6) is 1.31. The molecule has 2 amide bonds. The van der Waals surface area contributed by atoms with Crippen LogP contribution in [0.3, 0.4) is 0 Å². The van der Waals surface area contributed by atoms with Gasteiger partial charge in [0.15, 0.2) is 5.16 Å². The fourth-order valence-corrected chi connectivity index (χ4v) is 5.96. The van der Waals surface area contributed by atoms with Crippen molar-refractivity contribution in [3.05, 3.63) is 47.7 Å². The Morgan fingerprint density at radius 2 is 1.97 bits per heavy atom. The molecule has 3 aliphatic rings. The van der Waals surface area contributed by atoms with Crippen LogP contribution in [0.1, 0.15) is 36.8 Å². The highest BCUT2D eigenvalue weighted by atomic mass is 32.2. The van der Waals surface area contributed by atoms with Gasteiger partial charge in [0.05, 0.1) is 6.54 Å². The van der Waals surface area contributed by atoms with Crippen molar-refractivity contribution in [3.8, 4) is 0 Å². The van der Waals surface area contributed by atoms with Crippen molar-refractivity contribution in [1.82, 2.24) is 19.8 Å². The van der Waals surface area contributed by atoms with Gasteiger partial charge in [0.1, 0.15) is 5.82 Å². The molecule has 2 aliphatic heterocycles. The van der Waals surface area contributed by atoms with Crippen LogP contribution in [0.4, 0.5) is 10.6 Å². The van der Waals surface area contributed by atoms with Gasteiger partial charge in [-0.15, -0.1) is 0 Å². The van der Waals surface area contributed by atoms with Crippen LogP contribution in [0.5, 0.6) is 0 Å². The highest BCUT2D eigenvalue weighted by Gasteiger charge is 2.46. The maximum atomic E-state index is 13.3. The Balaban J connectivity index is 1.36. The molecule has 0 spiro atoms. The number of anilines is 1. The number of benzene rings is 1. The number of carbonyl (C=O) groups excluding carboxylic acids is 1. The van der Waals surface area contributed by atoms with Crippen LogP contribution in [-0.2, 0) is 13.1 Å². The molecule has 3 atom stereocenters. The molecule has 1 aliphatic carbocycles. The number of piperidine rings is 1. The van der Waals surface area contributed by atoms with Gasteiger partial charge in [0, 0.05) is 44.0 Å². The van der Waals surface area contributed by atoms with E-state index in [0.717, 1.165) is 30.9 Å². The monoisotopic (exact) mass is 423 g/mol. The van der Waals surface area contributed by atoms with Gasteiger partial charge in [-0.1, -0.05) is 48.5 Å².